The summed E-state index contributed by atoms with van der Waals surface area (Å²) in [6.45, 7) is 8.02. The highest BCUT2D eigenvalue weighted by molar-refractivity contribution is 7.89. The fraction of sp³-hybridized carbons (Fsp3) is 1.00. The number of nitrogens with one attached hydrogen (secondary N) is 2. The van der Waals surface area contributed by atoms with Gasteiger partial charge in [0.15, 0.2) is 0 Å². The summed E-state index contributed by atoms with van der Waals surface area (Å²) < 4.78 is 26.9. The normalized spacial score (nSPS) is 24.1. The Bertz CT molecular complexity index is 339. The van der Waals surface area contributed by atoms with Gasteiger partial charge in [-0.3, -0.25) is 0 Å². The van der Waals surface area contributed by atoms with Gasteiger partial charge >= 0.3 is 0 Å². The molecule has 1 aliphatic carbocycles. The molecule has 1 rings (SSSR count). The SMILES string of the molecule is CCNCCCS(=O)(=O)NC1CCCCC1(C)C. The third kappa shape index (κ3) is 5.24. The highest BCUT2D eigenvalue weighted by atomic mass is 32.2. The van der Waals surface area contributed by atoms with E-state index in [0.29, 0.717) is 6.42 Å². The van der Waals surface area contributed by atoms with Crippen LogP contribution < -0.4 is 10.0 Å². The Morgan fingerprint density at radius 3 is 2.61 bits per heavy atom. The van der Waals surface area contributed by atoms with E-state index in [-0.39, 0.29) is 17.2 Å². The van der Waals surface area contributed by atoms with Crippen LogP contribution >= 0.6 is 0 Å². The van der Waals surface area contributed by atoms with Crippen LogP contribution in [0.15, 0.2) is 0 Å². The molecule has 1 unspecified atom stereocenters. The zero-order valence-electron chi connectivity index (χ0n) is 12.0. The summed E-state index contributed by atoms with van der Waals surface area (Å²) in [6, 6.07) is 0.107. The van der Waals surface area contributed by atoms with E-state index in [4.69, 9.17) is 0 Å². The maximum atomic E-state index is 12.0. The molecular weight excluding hydrogens is 248 g/mol. The molecule has 0 radical (unpaired) electrons. The van der Waals surface area contributed by atoms with Gasteiger partial charge in [-0.1, -0.05) is 33.6 Å². The Hall–Kier alpha value is -0.130. The lowest BCUT2D eigenvalue weighted by Gasteiger charge is -2.38. The first kappa shape index (κ1) is 15.9. The van der Waals surface area contributed by atoms with Crippen molar-refractivity contribution < 1.29 is 8.42 Å². The van der Waals surface area contributed by atoms with E-state index in [2.05, 4.69) is 23.9 Å². The van der Waals surface area contributed by atoms with E-state index in [9.17, 15) is 8.42 Å². The van der Waals surface area contributed by atoms with Gasteiger partial charge in [0.1, 0.15) is 0 Å². The van der Waals surface area contributed by atoms with Crippen molar-refractivity contribution in [3.05, 3.63) is 0 Å². The maximum Gasteiger partial charge on any atom is 0.211 e. The molecule has 0 spiro atoms. The molecule has 5 heteroatoms. The average molecular weight is 276 g/mol. The van der Waals surface area contributed by atoms with Crippen LogP contribution in [0.2, 0.25) is 0 Å². The topological polar surface area (TPSA) is 58.2 Å². The average Bonchev–Trinajstić information content (AvgIpc) is 2.27. The van der Waals surface area contributed by atoms with Gasteiger partial charge in [0.05, 0.1) is 5.75 Å². The Kier molecular flexibility index (Phi) is 6.08. The molecule has 0 bridgehead atoms. The zero-order valence-corrected chi connectivity index (χ0v) is 12.8. The molecular formula is C13H28N2O2S. The summed E-state index contributed by atoms with van der Waals surface area (Å²) in [4.78, 5) is 0. The largest absolute Gasteiger partial charge is 0.317 e. The molecule has 1 atom stereocenters. The summed E-state index contributed by atoms with van der Waals surface area (Å²) >= 11 is 0. The van der Waals surface area contributed by atoms with Crippen molar-refractivity contribution in [2.24, 2.45) is 5.41 Å². The molecule has 0 saturated heterocycles. The lowest BCUT2D eigenvalue weighted by Crippen LogP contribution is -2.47. The standard InChI is InChI=1S/C13H28N2O2S/c1-4-14-10-7-11-18(16,17)15-12-8-5-6-9-13(12,2)3/h12,14-15H,4-11H2,1-3H3. The minimum Gasteiger partial charge on any atom is -0.317 e. The minimum atomic E-state index is -3.12. The summed E-state index contributed by atoms with van der Waals surface area (Å²) in [6.07, 6.45) is 5.10. The van der Waals surface area contributed by atoms with E-state index < -0.39 is 10.0 Å². The van der Waals surface area contributed by atoms with Crippen molar-refractivity contribution in [3.8, 4) is 0 Å². The fourth-order valence-corrected chi connectivity index (χ4v) is 4.06. The first-order valence-corrected chi connectivity index (χ1v) is 8.73. The van der Waals surface area contributed by atoms with Gasteiger partial charge in [0, 0.05) is 6.04 Å². The molecule has 0 aromatic rings. The summed E-state index contributed by atoms with van der Waals surface area (Å²) in [5.41, 5.74) is 0.0903. The second-order valence-corrected chi connectivity index (χ2v) is 7.80. The van der Waals surface area contributed by atoms with E-state index in [1.54, 1.807) is 0 Å². The van der Waals surface area contributed by atoms with Gasteiger partial charge in [-0.25, -0.2) is 13.1 Å². The predicted molar refractivity (Wildman–Crippen MR) is 76.1 cm³/mol. The van der Waals surface area contributed by atoms with Crippen molar-refractivity contribution in [1.29, 1.82) is 0 Å². The molecule has 4 nitrogen and oxygen atoms in total. The smallest absolute Gasteiger partial charge is 0.211 e. The first-order valence-electron chi connectivity index (χ1n) is 7.08. The Labute approximate surface area is 112 Å². The second kappa shape index (κ2) is 6.87. The van der Waals surface area contributed by atoms with Crippen LogP contribution in [0.5, 0.6) is 0 Å². The Balaban J connectivity index is 2.43. The first-order chi connectivity index (χ1) is 8.37. The van der Waals surface area contributed by atoms with Crippen molar-refractivity contribution >= 4 is 10.0 Å². The molecule has 1 fully saturated rings. The highest BCUT2D eigenvalue weighted by Gasteiger charge is 2.34. The Morgan fingerprint density at radius 1 is 1.28 bits per heavy atom. The van der Waals surface area contributed by atoms with Crippen LogP contribution in [-0.4, -0.2) is 33.3 Å². The van der Waals surface area contributed by atoms with Gasteiger partial charge in [0.25, 0.3) is 0 Å². The van der Waals surface area contributed by atoms with E-state index in [1.807, 2.05) is 6.92 Å². The third-order valence-electron chi connectivity index (χ3n) is 3.85. The number of hydrogen-bond acceptors (Lipinski definition) is 3. The summed E-state index contributed by atoms with van der Waals surface area (Å²) in [5, 5.41) is 3.15. The molecule has 108 valence electrons. The second-order valence-electron chi connectivity index (χ2n) is 5.93. The van der Waals surface area contributed by atoms with Gasteiger partial charge in [-0.2, -0.15) is 0 Å². The molecule has 1 saturated carbocycles. The minimum absolute atomic E-state index is 0.0903. The Morgan fingerprint density at radius 2 is 2.00 bits per heavy atom. The van der Waals surface area contributed by atoms with Gasteiger partial charge in [-0.05, 0) is 37.8 Å². The number of rotatable bonds is 7. The van der Waals surface area contributed by atoms with Crippen LogP contribution in [0.3, 0.4) is 0 Å². The zero-order chi connectivity index (χ0) is 13.6. The fourth-order valence-electron chi connectivity index (χ4n) is 2.55. The summed E-state index contributed by atoms with van der Waals surface area (Å²) in [7, 11) is -3.12. The van der Waals surface area contributed by atoms with Crippen molar-refractivity contribution in [1.82, 2.24) is 10.0 Å². The molecule has 1 aliphatic rings. The molecule has 0 aromatic heterocycles. The molecule has 0 amide bonds. The van der Waals surface area contributed by atoms with Crippen LogP contribution in [0.4, 0.5) is 0 Å². The third-order valence-corrected chi connectivity index (χ3v) is 5.32. The molecule has 0 aromatic carbocycles. The van der Waals surface area contributed by atoms with Crippen molar-refractivity contribution in [2.45, 2.75) is 58.9 Å². The van der Waals surface area contributed by atoms with E-state index in [1.165, 1.54) is 6.42 Å². The van der Waals surface area contributed by atoms with Crippen molar-refractivity contribution in [2.75, 3.05) is 18.8 Å². The molecule has 18 heavy (non-hydrogen) atoms. The van der Waals surface area contributed by atoms with Gasteiger partial charge < -0.3 is 5.32 Å². The molecule has 0 heterocycles. The lowest BCUT2D eigenvalue weighted by atomic mass is 9.74. The van der Waals surface area contributed by atoms with Crippen LogP contribution in [0.25, 0.3) is 0 Å². The van der Waals surface area contributed by atoms with Crippen LogP contribution in [-0.2, 0) is 10.0 Å². The maximum absolute atomic E-state index is 12.0. The van der Waals surface area contributed by atoms with Gasteiger partial charge in [-0.15, -0.1) is 0 Å². The molecule has 2 N–H and O–H groups in total. The van der Waals surface area contributed by atoms with Gasteiger partial charge in [0.2, 0.25) is 10.0 Å². The quantitative estimate of drug-likeness (QED) is 0.698. The molecule has 0 aliphatic heterocycles. The monoisotopic (exact) mass is 276 g/mol. The van der Waals surface area contributed by atoms with E-state index >= 15 is 0 Å². The van der Waals surface area contributed by atoms with Crippen LogP contribution in [0, 0.1) is 5.41 Å². The highest BCUT2D eigenvalue weighted by Crippen LogP contribution is 2.35. The lowest BCUT2D eigenvalue weighted by molar-refractivity contribution is 0.188. The van der Waals surface area contributed by atoms with E-state index in [0.717, 1.165) is 32.4 Å². The number of hydrogen-bond donors (Lipinski definition) is 2. The predicted octanol–water partition coefficient (Wildman–Crippen LogP) is 1.87. The number of sulfonamides is 1. The van der Waals surface area contributed by atoms with Crippen LogP contribution in [0.1, 0.15) is 52.9 Å². The summed E-state index contributed by atoms with van der Waals surface area (Å²) in [5.74, 6) is 0.229. The van der Waals surface area contributed by atoms with Crippen molar-refractivity contribution in [3.63, 3.8) is 0 Å².